The van der Waals surface area contributed by atoms with E-state index >= 15 is 0 Å². The summed E-state index contributed by atoms with van der Waals surface area (Å²) in [6.45, 7) is 7.77. The molecule has 0 aromatic heterocycles. The van der Waals surface area contributed by atoms with Crippen molar-refractivity contribution in [1.29, 1.82) is 0 Å². The van der Waals surface area contributed by atoms with Crippen LogP contribution in [0.25, 0.3) is 0 Å². The van der Waals surface area contributed by atoms with Crippen molar-refractivity contribution in [2.45, 2.75) is 78.2 Å². The second-order valence-corrected chi connectivity index (χ2v) is 10.3. The fourth-order valence-corrected chi connectivity index (χ4v) is 7.97. The smallest absolute Gasteiger partial charge is 0.139 e. The SMILES string of the molecule is CC[C@H]1C(=NOCCN)CC[C@@]2(C)C1[C@H](O)C[C@@H]1[C@@H]2CC[C@]2(C)C(=O)CC[C@@H]12. The minimum absolute atomic E-state index is 0.128. The Morgan fingerprint density at radius 1 is 1.21 bits per heavy atom. The predicted octanol–water partition coefficient (Wildman–Crippen LogP) is 3.54. The highest BCUT2D eigenvalue weighted by molar-refractivity contribution is 5.88. The van der Waals surface area contributed by atoms with E-state index < -0.39 is 0 Å². The summed E-state index contributed by atoms with van der Waals surface area (Å²) in [5, 5.41) is 15.8. The van der Waals surface area contributed by atoms with Gasteiger partial charge in [-0.05, 0) is 74.0 Å². The third-order valence-corrected chi connectivity index (χ3v) is 9.29. The predicted molar refractivity (Wildman–Crippen MR) is 110 cm³/mol. The van der Waals surface area contributed by atoms with E-state index in [4.69, 9.17) is 10.6 Å². The van der Waals surface area contributed by atoms with Crippen LogP contribution >= 0.6 is 0 Å². The number of fused-ring (bicyclic) bond motifs is 5. The van der Waals surface area contributed by atoms with Gasteiger partial charge in [0.05, 0.1) is 11.8 Å². The Morgan fingerprint density at radius 3 is 2.71 bits per heavy atom. The lowest BCUT2D eigenvalue weighted by Crippen LogP contribution is -2.60. The molecule has 4 aliphatic carbocycles. The van der Waals surface area contributed by atoms with Gasteiger partial charge >= 0.3 is 0 Å². The Kier molecular flexibility index (Phi) is 5.37. The van der Waals surface area contributed by atoms with Gasteiger partial charge in [-0.15, -0.1) is 0 Å². The molecule has 4 saturated carbocycles. The van der Waals surface area contributed by atoms with E-state index in [1.165, 1.54) is 0 Å². The number of carbonyl (C=O) groups is 1. The van der Waals surface area contributed by atoms with Crippen LogP contribution in [-0.4, -0.2) is 35.9 Å². The highest BCUT2D eigenvalue weighted by atomic mass is 16.6. The van der Waals surface area contributed by atoms with Gasteiger partial charge in [0.1, 0.15) is 12.4 Å². The average Bonchev–Trinajstić information content (AvgIpc) is 2.97. The van der Waals surface area contributed by atoms with Crippen molar-refractivity contribution in [2.24, 2.45) is 51.3 Å². The molecule has 28 heavy (non-hydrogen) atoms. The van der Waals surface area contributed by atoms with Gasteiger partial charge in [-0.1, -0.05) is 25.9 Å². The lowest BCUT2D eigenvalue weighted by Gasteiger charge is -2.62. The minimum Gasteiger partial charge on any atom is -0.394 e. The van der Waals surface area contributed by atoms with Crippen LogP contribution in [0.5, 0.6) is 0 Å². The van der Waals surface area contributed by atoms with Crippen molar-refractivity contribution in [3.05, 3.63) is 0 Å². The molecule has 0 aromatic rings. The zero-order valence-electron chi connectivity index (χ0n) is 17.8. The van der Waals surface area contributed by atoms with Crippen molar-refractivity contribution in [2.75, 3.05) is 13.2 Å². The molecule has 4 rings (SSSR count). The van der Waals surface area contributed by atoms with Crippen LogP contribution in [0, 0.1) is 40.4 Å². The standard InChI is InChI=1S/C23H38N2O3/c1-4-14-18(25-28-12-11-24)8-10-23(3)17-7-9-22(2)16(5-6-20(22)27)15(17)13-19(26)21(14)23/h14-17,19,21,26H,4-13,24H2,1-3H3/t14-,15-,16-,17-,19+,21?,22-,23+/m0/s1. The molecule has 8 atom stereocenters. The van der Waals surface area contributed by atoms with E-state index in [-0.39, 0.29) is 28.8 Å². The second-order valence-electron chi connectivity index (χ2n) is 10.3. The van der Waals surface area contributed by atoms with E-state index in [0.29, 0.717) is 36.7 Å². The van der Waals surface area contributed by atoms with Gasteiger partial charge in [0.25, 0.3) is 0 Å². The van der Waals surface area contributed by atoms with E-state index in [0.717, 1.165) is 57.1 Å². The van der Waals surface area contributed by atoms with Crippen molar-refractivity contribution in [3.8, 4) is 0 Å². The van der Waals surface area contributed by atoms with Gasteiger partial charge < -0.3 is 15.7 Å². The van der Waals surface area contributed by atoms with Crippen molar-refractivity contribution in [3.63, 3.8) is 0 Å². The second kappa shape index (κ2) is 7.39. The molecule has 158 valence electrons. The third kappa shape index (κ3) is 2.87. The average molecular weight is 391 g/mol. The minimum atomic E-state index is -0.311. The first kappa shape index (κ1) is 20.3. The number of rotatable bonds is 4. The van der Waals surface area contributed by atoms with Gasteiger partial charge in [0.15, 0.2) is 0 Å². The van der Waals surface area contributed by atoms with Crippen LogP contribution in [0.2, 0.25) is 0 Å². The van der Waals surface area contributed by atoms with Crippen LogP contribution < -0.4 is 5.73 Å². The maximum atomic E-state index is 12.6. The first-order valence-electron chi connectivity index (χ1n) is 11.5. The molecule has 5 heteroatoms. The number of aliphatic hydroxyl groups is 1. The number of oxime groups is 1. The summed E-state index contributed by atoms with van der Waals surface area (Å²) in [6.07, 6.45) is 7.48. The van der Waals surface area contributed by atoms with Crippen LogP contribution in [0.1, 0.15) is 72.1 Å². The van der Waals surface area contributed by atoms with Crippen LogP contribution in [0.3, 0.4) is 0 Å². The third-order valence-electron chi connectivity index (χ3n) is 9.29. The molecule has 4 aliphatic rings. The number of nitrogens with zero attached hydrogens (tertiary/aromatic N) is 1. The van der Waals surface area contributed by atoms with Crippen LogP contribution in [0.4, 0.5) is 0 Å². The van der Waals surface area contributed by atoms with Crippen molar-refractivity contribution < 1.29 is 14.7 Å². The molecule has 0 aromatic carbocycles. The molecular weight excluding hydrogens is 352 g/mol. The highest BCUT2D eigenvalue weighted by Gasteiger charge is 2.63. The van der Waals surface area contributed by atoms with Gasteiger partial charge in [-0.2, -0.15) is 0 Å². The number of ketones is 1. The number of hydrogen-bond acceptors (Lipinski definition) is 5. The van der Waals surface area contributed by atoms with Gasteiger partial charge in [-0.3, -0.25) is 4.79 Å². The number of hydrogen-bond donors (Lipinski definition) is 2. The summed E-state index contributed by atoms with van der Waals surface area (Å²) in [7, 11) is 0. The fraction of sp³-hybridized carbons (Fsp3) is 0.913. The Morgan fingerprint density at radius 2 is 2.00 bits per heavy atom. The molecule has 4 fully saturated rings. The zero-order chi connectivity index (χ0) is 20.1. The summed E-state index contributed by atoms with van der Waals surface area (Å²) >= 11 is 0. The summed E-state index contributed by atoms with van der Waals surface area (Å²) in [5.74, 6) is 2.57. The van der Waals surface area contributed by atoms with Crippen molar-refractivity contribution in [1.82, 2.24) is 0 Å². The normalized spacial score (nSPS) is 49.5. The van der Waals surface area contributed by atoms with Crippen LogP contribution in [0.15, 0.2) is 5.16 Å². The quantitative estimate of drug-likeness (QED) is 0.568. The molecular formula is C23H38N2O3. The monoisotopic (exact) mass is 390 g/mol. The number of carbonyl (C=O) groups excluding carboxylic acids is 1. The molecule has 0 radical (unpaired) electrons. The molecule has 0 bridgehead atoms. The summed E-state index contributed by atoms with van der Waals surface area (Å²) in [5.41, 5.74) is 6.65. The Bertz CT molecular complexity index is 650. The van der Waals surface area contributed by atoms with Gasteiger partial charge in [-0.25, -0.2) is 0 Å². The molecule has 0 heterocycles. The maximum absolute atomic E-state index is 12.6. The van der Waals surface area contributed by atoms with Crippen LogP contribution in [-0.2, 0) is 9.63 Å². The lowest BCUT2D eigenvalue weighted by molar-refractivity contribution is -0.161. The van der Waals surface area contributed by atoms with E-state index in [9.17, 15) is 9.90 Å². The number of aliphatic hydroxyl groups excluding tert-OH is 1. The fourth-order valence-electron chi connectivity index (χ4n) is 7.97. The number of nitrogens with two attached hydrogens (primary N) is 1. The highest BCUT2D eigenvalue weighted by Crippen LogP contribution is 2.66. The molecule has 3 N–H and O–H groups in total. The van der Waals surface area contributed by atoms with Crippen molar-refractivity contribution >= 4 is 11.5 Å². The summed E-state index contributed by atoms with van der Waals surface area (Å²) in [6, 6.07) is 0. The van der Waals surface area contributed by atoms with E-state index in [1.54, 1.807) is 0 Å². The maximum Gasteiger partial charge on any atom is 0.139 e. The molecule has 0 amide bonds. The van der Waals surface area contributed by atoms with Gasteiger partial charge in [0, 0.05) is 24.3 Å². The Labute approximate surface area is 169 Å². The molecule has 1 unspecified atom stereocenters. The molecule has 0 saturated heterocycles. The Hall–Kier alpha value is -0.940. The van der Waals surface area contributed by atoms with E-state index in [1.807, 2.05) is 0 Å². The molecule has 0 spiro atoms. The zero-order valence-corrected chi connectivity index (χ0v) is 17.8. The summed E-state index contributed by atoms with van der Waals surface area (Å²) in [4.78, 5) is 18.0. The first-order chi connectivity index (χ1) is 13.4. The van der Waals surface area contributed by atoms with E-state index in [2.05, 4.69) is 25.9 Å². The topological polar surface area (TPSA) is 84.9 Å². The summed E-state index contributed by atoms with van der Waals surface area (Å²) < 4.78 is 0. The largest absolute Gasteiger partial charge is 0.394 e. The molecule has 0 aliphatic heterocycles. The lowest BCUT2D eigenvalue weighted by atomic mass is 9.43. The van der Waals surface area contributed by atoms with Gasteiger partial charge in [0.2, 0.25) is 0 Å². The number of Topliss-reactive ketones (excluding diaryl/α,β-unsaturated/α-hetero) is 1. The first-order valence-corrected chi connectivity index (χ1v) is 11.5. The Balaban J connectivity index is 1.63. The molecule has 5 nitrogen and oxygen atoms in total.